The van der Waals surface area contributed by atoms with E-state index in [2.05, 4.69) is 4.98 Å². The van der Waals surface area contributed by atoms with Crippen molar-refractivity contribution in [3.05, 3.63) is 112 Å². The summed E-state index contributed by atoms with van der Waals surface area (Å²) in [6.07, 6.45) is -0.171. The number of aliphatic hydroxyl groups excluding tert-OH is 1. The van der Waals surface area contributed by atoms with E-state index in [1.807, 2.05) is 30.3 Å². The van der Waals surface area contributed by atoms with E-state index in [9.17, 15) is 19.5 Å². The highest BCUT2D eigenvalue weighted by molar-refractivity contribution is 7.17. The smallest absolute Gasteiger partial charge is 0.307 e. The maximum Gasteiger partial charge on any atom is 0.307 e. The number of ether oxygens (including phenoxy) is 1. The van der Waals surface area contributed by atoms with E-state index in [0.717, 1.165) is 5.56 Å². The number of thiazole rings is 1. The number of hydrogen-bond donors (Lipinski definition) is 2. The third-order valence-electron chi connectivity index (χ3n) is 6.46. The molecule has 0 radical (unpaired) electrons. The van der Waals surface area contributed by atoms with E-state index in [1.54, 1.807) is 55.5 Å². The van der Waals surface area contributed by atoms with Gasteiger partial charge in [-0.2, -0.15) is 0 Å². The van der Waals surface area contributed by atoms with Gasteiger partial charge in [-0.3, -0.25) is 19.3 Å². The number of carboxylic acid groups (broad SMARTS) is 1. The lowest BCUT2D eigenvalue weighted by Crippen LogP contribution is -2.31. The van der Waals surface area contributed by atoms with Crippen molar-refractivity contribution < 1.29 is 29.3 Å². The summed E-state index contributed by atoms with van der Waals surface area (Å²) < 4.78 is 5.38. The van der Waals surface area contributed by atoms with Gasteiger partial charge in [0, 0.05) is 11.3 Å². The van der Waals surface area contributed by atoms with Crippen LogP contribution in [0.3, 0.4) is 0 Å². The van der Waals surface area contributed by atoms with Gasteiger partial charge in [0.1, 0.15) is 10.8 Å². The highest BCUT2D eigenvalue weighted by Gasteiger charge is 2.45. The number of aryl methyl sites for hydroxylation is 1. The lowest BCUT2D eigenvalue weighted by Gasteiger charge is -2.27. The molecule has 1 aromatic heterocycles. The van der Waals surface area contributed by atoms with E-state index >= 15 is 0 Å². The predicted molar refractivity (Wildman–Crippen MR) is 147 cm³/mol. The second-order valence-electron chi connectivity index (χ2n) is 8.98. The molecule has 0 saturated heterocycles. The van der Waals surface area contributed by atoms with Crippen LogP contribution in [0.2, 0.25) is 0 Å². The number of rotatable bonds is 8. The van der Waals surface area contributed by atoms with Gasteiger partial charge >= 0.3 is 5.97 Å². The Kier molecular flexibility index (Phi) is 7.00. The Morgan fingerprint density at radius 2 is 1.74 bits per heavy atom. The first-order valence-corrected chi connectivity index (χ1v) is 12.9. The molecule has 4 aromatic rings. The molecule has 1 aliphatic heterocycles. The number of carbonyl (C=O) groups is 3. The minimum Gasteiger partial charge on any atom is -0.503 e. The normalized spacial score (nSPS) is 15.1. The summed E-state index contributed by atoms with van der Waals surface area (Å²) in [4.78, 5) is 44.9. The molecule has 1 amide bonds. The summed E-state index contributed by atoms with van der Waals surface area (Å²) in [6.45, 7) is 1.73. The fourth-order valence-corrected chi connectivity index (χ4v) is 5.64. The summed E-state index contributed by atoms with van der Waals surface area (Å²) in [5, 5.41) is 20.9. The average Bonchev–Trinajstić information content (AvgIpc) is 3.46. The highest BCUT2D eigenvalue weighted by atomic mass is 32.1. The maximum atomic E-state index is 14.0. The molecule has 2 heterocycles. The van der Waals surface area contributed by atoms with Crippen LogP contribution < -0.4 is 9.64 Å². The molecule has 8 nitrogen and oxygen atoms in total. The number of carbonyl (C=O) groups excluding carboxylic acids is 2. The number of benzene rings is 3. The standard InChI is InChI=1S/C30H24N2O6S/c1-17-28(39-29(31-17)19-7-4-3-5-8-19)26(35)24-25(20-9-6-10-22(16-20)38-2)32(30(37)27(24)36)21-13-11-18(12-14-21)15-23(33)34/h3-14,16,25,36H,15H2,1-2H3,(H,33,34). The number of hydrogen-bond acceptors (Lipinski definition) is 7. The minimum absolute atomic E-state index is 0.0609. The van der Waals surface area contributed by atoms with Gasteiger partial charge < -0.3 is 14.9 Å². The molecule has 0 spiro atoms. The number of amides is 1. The van der Waals surface area contributed by atoms with Gasteiger partial charge in [-0.05, 0) is 42.3 Å². The summed E-state index contributed by atoms with van der Waals surface area (Å²) in [6, 6.07) is 21.9. The van der Waals surface area contributed by atoms with Crippen molar-refractivity contribution in [2.75, 3.05) is 12.0 Å². The van der Waals surface area contributed by atoms with Crippen LogP contribution in [0.1, 0.15) is 32.5 Å². The highest BCUT2D eigenvalue weighted by Crippen LogP contribution is 2.44. The van der Waals surface area contributed by atoms with Crippen LogP contribution >= 0.6 is 11.3 Å². The summed E-state index contributed by atoms with van der Waals surface area (Å²) >= 11 is 1.20. The zero-order valence-electron chi connectivity index (χ0n) is 21.1. The predicted octanol–water partition coefficient (Wildman–Crippen LogP) is 5.54. The van der Waals surface area contributed by atoms with Crippen LogP contribution in [-0.4, -0.2) is 40.0 Å². The van der Waals surface area contributed by atoms with Gasteiger partial charge in [0.15, 0.2) is 5.76 Å². The Morgan fingerprint density at radius 1 is 1.03 bits per heavy atom. The fourth-order valence-electron chi connectivity index (χ4n) is 4.61. The van der Waals surface area contributed by atoms with E-state index in [4.69, 9.17) is 9.84 Å². The maximum absolute atomic E-state index is 14.0. The molecule has 2 N–H and O–H groups in total. The zero-order chi connectivity index (χ0) is 27.7. The first-order valence-electron chi connectivity index (χ1n) is 12.1. The van der Waals surface area contributed by atoms with Gasteiger partial charge in [0.05, 0.1) is 35.7 Å². The van der Waals surface area contributed by atoms with E-state index in [0.29, 0.717) is 38.1 Å². The molecular weight excluding hydrogens is 516 g/mol. The molecule has 196 valence electrons. The summed E-state index contributed by atoms with van der Waals surface area (Å²) in [5.74, 6) is -2.32. The van der Waals surface area contributed by atoms with Gasteiger partial charge in [0.25, 0.3) is 5.91 Å². The van der Waals surface area contributed by atoms with Crippen LogP contribution in [0, 0.1) is 6.92 Å². The van der Waals surface area contributed by atoms with Crippen LogP contribution in [0.25, 0.3) is 10.6 Å². The number of carboxylic acids is 1. The summed E-state index contributed by atoms with van der Waals surface area (Å²) in [7, 11) is 1.52. The molecule has 0 saturated carbocycles. The molecule has 0 aliphatic carbocycles. The van der Waals surface area contributed by atoms with Gasteiger partial charge in [-0.15, -0.1) is 11.3 Å². The number of aromatic nitrogens is 1. The van der Waals surface area contributed by atoms with Crippen molar-refractivity contribution in [1.82, 2.24) is 4.98 Å². The van der Waals surface area contributed by atoms with Crippen LogP contribution in [0.15, 0.2) is 90.2 Å². The second kappa shape index (κ2) is 10.5. The molecular formula is C30H24N2O6S. The van der Waals surface area contributed by atoms with Crippen LogP contribution in [0.5, 0.6) is 5.75 Å². The number of anilines is 1. The first kappa shape index (κ1) is 25.9. The number of ketones is 1. The van der Waals surface area contributed by atoms with Gasteiger partial charge in [0.2, 0.25) is 5.78 Å². The molecule has 3 aromatic carbocycles. The largest absolute Gasteiger partial charge is 0.503 e. The Morgan fingerprint density at radius 3 is 2.41 bits per heavy atom. The number of methoxy groups -OCH3 is 1. The van der Waals surface area contributed by atoms with Crippen molar-refractivity contribution in [2.24, 2.45) is 0 Å². The van der Waals surface area contributed by atoms with E-state index < -0.39 is 29.5 Å². The molecule has 1 aliphatic rings. The SMILES string of the molecule is COc1cccc(C2C(C(=O)c3sc(-c4ccccc4)nc3C)=C(O)C(=O)N2c2ccc(CC(=O)O)cc2)c1. The molecule has 1 unspecified atom stereocenters. The monoisotopic (exact) mass is 540 g/mol. The molecule has 5 rings (SSSR count). The molecule has 9 heteroatoms. The van der Waals surface area contributed by atoms with Crippen molar-refractivity contribution in [1.29, 1.82) is 0 Å². The number of Topliss-reactive ketones (excluding diaryl/α,β-unsaturated/α-hetero) is 1. The third-order valence-corrected chi connectivity index (χ3v) is 7.66. The quantitative estimate of drug-likeness (QED) is 0.282. The Labute approximate surface area is 228 Å². The van der Waals surface area contributed by atoms with Gasteiger partial charge in [-0.1, -0.05) is 54.6 Å². The topological polar surface area (TPSA) is 117 Å². The molecule has 39 heavy (non-hydrogen) atoms. The molecule has 0 fully saturated rings. The number of aliphatic carboxylic acids is 1. The first-order chi connectivity index (χ1) is 18.8. The molecule has 0 bridgehead atoms. The fraction of sp³-hybridized carbons (Fsp3) is 0.133. The van der Waals surface area contributed by atoms with Crippen LogP contribution in [-0.2, 0) is 16.0 Å². The van der Waals surface area contributed by atoms with Crippen LogP contribution in [0.4, 0.5) is 5.69 Å². The van der Waals surface area contributed by atoms with Crippen molar-refractivity contribution in [3.63, 3.8) is 0 Å². The van der Waals surface area contributed by atoms with Crippen molar-refractivity contribution in [3.8, 4) is 16.3 Å². The lowest BCUT2D eigenvalue weighted by atomic mass is 9.94. The molecule has 1 atom stereocenters. The second-order valence-corrected chi connectivity index (χ2v) is 9.98. The van der Waals surface area contributed by atoms with Crippen molar-refractivity contribution in [2.45, 2.75) is 19.4 Å². The minimum atomic E-state index is -0.976. The Bertz CT molecular complexity index is 1610. The van der Waals surface area contributed by atoms with Gasteiger partial charge in [-0.25, -0.2) is 4.98 Å². The zero-order valence-corrected chi connectivity index (χ0v) is 21.9. The van der Waals surface area contributed by atoms with E-state index in [1.165, 1.54) is 23.3 Å². The Balaban J connectivity index is 1.61. The lowest BCUT2D eigenvalue weighted by molar-refractivity contribution is -0.136. The average molecular weight is 541 g/mol. The number of aliphatic hydroxyl groups is 1. The van der Waals surface area contributed by atoms with Crippen molar-refractivity contribution >= 4 is 34.7 Å². The third kappa shape index (κ3) is 4.92. The number of nitrogens with zero attached hydrogens (tertiary/aromatic N) is 2. The summed E-state index contributed by atoms with van der Waals surface area (Å²) in [5.41, 5.74) is 2.82. The Hall–Kier alpha value is -4.76. The van der Waals surface area contributed by atoms with E-state index in [-0.39, 0.29) is 12.0 Å².